The third-order valence-electron chi connectivity index (χ3n) is 18.7. The van der Waals surface area contributed by atoms with Crippen LogP contribution in [0.25, 0.3) is 0 Å². The van der Waals surface area contributed by atoms with E-state index in [1.54, 1.807) is 6.08 Å². The van der Waals surface area contributed by atoms with Crippen LogP contribution in [0.5, 0.6) is 0 Å². The average Bonchev–Trinajstić information content (AvgIpc) is 3.52. The molecular formula is C81H155NO5. The molecule has 0 aliphatic heterocycles. The van der Waals surface area contributed by atoms with Crippen LogP contribution in [0.4, 0.5) is 0 Å². The molecule has 3 N–H and O–H groups in total. The lowest BCUT2D eigenvalue weighted by molar-refractivity contribution is -0.143. The number of ether oxygens (including phenoxy) is 1. The Hall–Kier alpha value is -1.92. The van der Waals surface area contributed by atoms with Crippen LogP contribution < -0.4 is 5.32 Å². The van der Waals surface area contributed by atoms with Crippen LogP contribution in [0, 0.1) is 0 Å². The first-order chi connectivity index (χ1) is 43.0. The van der Waals surface area contributed by atoms with E-state index in [4.69, 9.17) is 4.74 Å². The fraction of sp³-hybridized carbons (Fsp3) is 0.901. The lowest BCUT2D eigenvalue weighted by Crippen LogP contribution is -2.45. The lowest BCUT2D eigenvalue weighted by atomic mass is 10.0. The van der Waals surface area contributed by atoms with Crippen molar-refractivity contribution in [1.29, 1.82) is 0 Å². The fourth-order valence-electron chi connectivity index (χ4n) is 12.6. The Morgan fingerprint density at radius 2 is 0.575 bits per heavy atom. The van der Waals surface area contributed by atoms with Gasteiger partial charge in [0, 0.05) is 12.8 Å². The van der Waals surface area contributed by atoms with Crippen LogP contribution in [0.1, 0.15) is 444 Å². The topological polar surface area (TPSA) is 95.9 Å². The van der Waals surface area contributed by atoms with Gasteiger partial charge in [-0.05, 0) is 64.2 Å². The first-order valence-corrected chi connectivity index (χ1v) is 39.8. The van der Waals surface area contributed by atoms with Crippen LogP contribution >= 0.6 is 0 Å². The van der Waals surface area contributed by atoms with E-state index >= 15 is 0 Å². The number of unbranched alkanes of at least 4 members (excludes halogenated alkanes) is 60. The van der Waals surface area contributed by atoms with Crippen molar-refractivity contribution >= 4 is 11.9 Å². The first kappa shape index (κ1) is 85.1. The second kappa shape index (κ2) is 76.5. The van der Waals surface area contributed by atoms with E-state index in [0.29, 0.717) is 19.4 Å². The fourth-order valence-corrected chi connectivity index (χ4v) is 12.6. The average molecular weight is 1220 g/mol. The van der Waals surface area contributed by atoms with Crippen LogP contribution in [-0.2, 0) is 14.3 Å². The van der Waals surface area contributed by atoms with Gasteiger partial charge >= 0.3 is 5.97 Å². The summed E-state index contributed by atoms with van der Waals surface area (Å²) in [7, 11) is 0. The van der Waals surface area contributed by atoms with Gasteiger partial charge in [0.1, 0.15) is 0 Å². The molecule has 0 fully saturated rings. The van der Waals surface area contributed by atoms with Crippen molar-refractivity contribution < 1.29 is 24.5 Å². The summed E-state index contributed by atoms with van der Waals surface area (Å²) in [6, 6.07) is -0.627. The van der Waals surface area contributed by atoms with Crippen molar-refractivity contribution in [2.45, 2.75) is 456 Å². The number of carbonyl (C=O) groups is 2. The van der Waals surface area contributed by atoms with Crippen molar-refractivity contribution in [3.8, 4) is 0 Å². The Bertz CT molecular complexity index is 1410. The zero-order valence-electron chi connectivity index (χ0n) is 59.0. The Balaban J connectivity index is 3.37. The Morgan fingerprint density at radius 3 is 0.885 bits per heavy atom. The molecule has 1 amide bonds. The molecule has 87 heavy (non-hydrogen) atoms. The third kappa shape index (κ3) is 73.0. The van der Waals surface area contributed by atoms with Crippen molar-refractivity contribution in [3.63, 3.8) is 0 Å². The number of nitrogens with one attached hydrogen (secondary N) is 1. The Morgan fingerprint density at radius 1 is 0.322 bits per heavy atom. The van der Waals surface area contributed by atoms with Gasteiger partial charge in [0.25, 0.3) is 0 Å². The maximum atomic E-state index is 12.6. The van der Waals surface area contributed by atoms with E-state index in [1.807, 2.05) is 6.08 Å². The second-order valence-electron chi connectivity index (χ2n) is 27.4. The molecule has 0 aliphatic rings. The standard InChI is InChI=1S/C81H155NO5/c1-3-5-7-9-11-13-15-17-19-21-22-23-24-30-33-36-39-42-45-49-53-57-61-65-69-73-79(84)78(77-83)82-80(85)74-70-66-62-58-54-50-46-43-40-37-34-31-28-26-25-27-29-32-35-38-41-44-48-52-56-60-64-68-72-76-87-81(86)75-71-67-63-59-55-51-47-20-18-16-14-12-10-8-6-4-2/h14,16,20,47,69,73,78-79,83-84H,3-13,15,17-19,21-46,48-68,70-72,74-77H2,1-2H3,(H,82,85)/b16-14-,47-20-,73-69+. The van der Waals surface area contributed by atoms with Gasteiger partial charge in [-0.15, -0.1) is 0 Å². The van der Waals surface area contributed by atoms with Crippen LogP contribution in [0.15, 0.2) is 36.5 Å². The lowest BCUT2D eigenvalue weighted by Gasteiger charge is -2.20. The molecule has 0 radical (unpaired) electrons. The molecule has 0 heterocycles. The van der Waals surface area contributed by atoms with Crippen molar-refractivity contribution in [1.82, 2.24) is 5.32 Å². The summed E-state index contributed by atoms with van der Waals surface area (Å²) in [5.41, 5.74) is 0. The molecule has 0 bridgehead atoms. The van der Waals surface area contributed by atoms with Crippen molar-refractivity contribution in [3.05, 3.63) is 36.5 Å². The van der Waals surface area contributed by atoms with Gasteiger partial charge < -0.3 is 20.3 Å². The van der Waals surface area contributed by atoms with Crippen molar-refractivity contribution in [2.75, 3.05) is 13.2 Å². The first-order valence-electron chi connectivity index (χ1n) is 39.8. The molecule has 2 atom stereocenters. The van der Waals surface area contributed by atoms with Crippen LogP contribution in [0.2, 0.25) is 0 Å². The van der Waals surface area contributed by atoms with Gasteiger partial charge in [0.2, 0.25) is 5.91 Å². The molecular weight excluding hydrogens is 1070 g/mol. The smallest absolute Gasteiger partial charge is 0.305 e. The number of allylic oxidation sites excluding steroid dienone is 5. The summed E-state index contributed by atoms with van der Waals surface area (Å²) in [6.07, 6.45) is 99.8. The zero-order valence-corrected chi connectivity index (χ0v) is 59.0. The molecule has 6 nitrogen and oxygen atoms in total. The van der Waals surface area contributed by atoms with Gasteiger partial charge in [-0.1, -0.05) is 403 Å². The molecule has 0 saturated carbocycles. The number of rotatable bonds is 75. The number of aliphatic hydroxyl groups excluding tert-OH is 2. The predicted octanol–water partition coefficient (Wildman–Crippen LogP) is 26.2. The molecule has 0 saturated heterocycles. The zero-order chi connectivity index (χ0) is 62.8. The number of esters is 1. The highest BCUT2D eigenvalue weighted by Crippen LogP contribution is 2.20. The minimum atomic E-state index is -0.844. The largest absolute Gasteiger partial charge is 0.466 e. The van der Waals surface area contributed by atoms with Crippen LogP contribution in [0.3, 0.4) is 0 Å². The van der Waals surface area contributed by atoms with Gasteiger partial charge in [-0.25, -0.2) is 0 Å². The quantitative estimate of drug-likeness (QED) is 0.0320. The number of hydrogen-bond acceptors (Lipinski definition) is 5. The highest BCUT2D eigenvalue weighted by molar-refractivity contribution is 5.76. The summed E-state index contributed by atoms with van der Waals surface area (Å²) in [5.74, 6) is -0.0530. The van der Waals surface area contributed by atoms with E-state index in [0.717, 1.165) is 51.4 Å². The SMILES string of the molecule is CCCCCC/C=C\C/C=C\CCCCCCCC(=O)OCCCCCCCCCCCCCCCCCCCCCCCCCCCCCCCC(=O)NC(CO)C(O)/C=C/CCCCCCCCCCCCCCCCCCCCCCCCC. The Labute approximate surface area is 544 Å². The van der Waals surface area contributed by atoms with Gasteiger partial charge in [-0.2, -0.15) is 0 Å². The van der Waals surface area contributed by atoms with E-state index in [9.17, 15) is 19.8 Å². The van der Waals surface area contributed by atoms with Gasteiger partial charge in [0.05, 0.1) is 25.4 Å². The molecule has 2 unspecified atom stereocenters. The van der Waals surface area contributed by atoms with Crippen LogP contribution in [-0.4, -0.2) is 47.4 Å². The molecule has 6 heteroatoms. The van der Waals surface area contributed by atoms with Crippen molar-refractivity contribution in [2.24, 2.45) is 0 Å². The number of carbonyl (C=O) groups excluding carboxylic acids is 2. The monoisotopic (exact) mass is 1220 g/mol. The minimum absolute atomic E-state index is 0.00645. The number of hydrogen-bond donors (Lipinski definition) is 3. The molecule has 0 aromatic carbocycles. The highest BCUT2D eigenvalue weighted by atomic mass is 16.5. The maximum Gasteiger partial charge on any atom is 0.305 e. The number of aliphatic hydroxyl groups is 2. The highest BCUT2D eigenvalue weighted by Gasteiger charge is 2.18. The van der Waals surface area contributed by atoms with Gasteiger partial charge in [0.15, 0.2) is 0 Å². The molecule has 514 valence electrons. The minimum Gasteiger partial charge on any atom is -0.466 e. The summed E-state index contributed by atoms with van der Waals surface area (Å²) >= 11 is 0. The van der Waals surface area contributed by atoms with E-state index in [1.165, 1.54) is 366 Å². The van der Waals surface area contributed by atoms with E-state index in [-0.39, 0.29) is 18.5 Å². The number of amides is 1. The molecule has 0 aliphatic carbocycles. The summed E-state index contributed by atoms with van der Waals surface area (Å²) in [5, 5.41) is 23.3. The second-order valence-corrected chi connectivity index (χ2v) is 27.4. The molecule has 0 aromatic rings. The maximum absolute atomic E-state index is 12.6. The third-order valence-corrected chi connectivity index (χ3v) is 18.7. The van der Waals surface area contributed by atoms with E-state index < -0.39 is 12.1 Å². The molecule has 0 spiro atoms. The molecule has 0 rings (SSSR count). The molecule has 0 aromatic heterocycles. The normalized spacial score (nSPS) is 12.6. The summed E-state index contributed by atoms with van der Waals surface area (Å²) in [4.78, 5) is 24.7. The predicted molar refractivity (Wildman–Crippen MR) is 384 cm³/mol. The summed E-state index contributed by atoms with van der Waals surface area (Å²) in [6.45, 7) is 4.93. The summed E-state index contributed by atoms with van der Waals surface area (Å²) < 4.78 is 5.50. The van der Waals surface area contributed by atoms with E-state index in [2.05, 4.69) is 43.5 Å². The Kier molecular flexibility index (Phi) is 74.8. The van der Waals surface area contributed by atoms with Gasteiger partial charge in [-0.3, -0.25) is 9.59 Å².